The Balaban J connectivity index is 1.55. The van der Waals surface area contributed by atoms with Gasteiger partial charge in [0.15, 0.2) is 0 Å². The minimum Gasteiger partial charge on any atom is -0.338 e. The number of piperidine rings is 1. The highest BCUT2D eigenvalue weighted by molar-refractivity contribution is 7.12. The highest BCUT2D eigenvalue weighted by Crippen LogP contribution is 2.22. The highest BCUT2D eigenvalue weighted by atomic mass is 32.1. The monoisotopic (exact) mass is 329 g/mol. The van der Waals surface area contributed by atoms with Crippen LogP contribution in [0.3, 0.4) is 0 Å². The molecule has 120 valence electrons. The first-order valence-electron chi connectivity index (χ1n) is 7.70. The van der Waals surface area contributed by atoms with Crippen molar-refractivity contribution in [1.29, 1.82) is 0 Å². The van der Waals surface area contributed by atoms with Gasteiger partial charge in [0.25, 0.3) is 5.91 Å². The fourth-order valence-corrected chi connectivity index (χ4v) is 3.43. The second kappa shape index (κ2) is 6.91. The van der Waals surface area contributed by atoms with Crippen molar-refractivity contribution in [2.75, 3.05) is 18.4 Å². The second-order valence-electron chi connectivity index (χ2n) is 5.70. The number of pyridine rings is 1. The lowest BCUT2D eigenvalue weighted by Crippen LogP contribution is -2.41. The molecule has 23 heavy (non-hydrogen) atoms. The molecule has 0 unspecified atom stereocenters. The molecule has 6 heteroatoms. The predicted octanol–water partition coefficient (Wildman–Crippen LogP) is 2.94. The van der Waals surface area contributed by atoms with E-state index in [1.807, 2.05) is 41.5 Å². The maximum atomic E-state index is 12.4. The number of aromatic nitrogens is 1. The SMILES string of the molecule is Cc1cccnc1NC(=O)C1CCN(C(=O)c2cccs2)CC1. The number of rotatable bonds is 3. The normalized spacial score (nSPS) is 15.4. The summed E-state index contributed by atoms with van der Waals surface area (Å²) in [5.41, 5.74) is 0.950. The van der Waals surface area contributed by atoms with Crippen LogP contribution in [0.25, 0.3) is 0 Å². The summed E-state index contributed by atoms with van der Waals surface area (Å²) in [5, 5.41) is 4.81. The van der Waals surface area contributed by atoms with E-state index in [0.717, 1.165) is 10.4 Å². The zero-order valence-corrected chi connectivity index (χ0v) is 13.8. The van der Waals surface area contributed by atoms with Gasteiger partial charge in [0.2, 0.25) is 5.91 Å². The molecule has 1 aliphatic heterocycles. The average Bonchev–Trinajstić information content (AvgIpc) is 3.11. The molecule has 2 aromatic rings. The van der Waals surface area contributed by atoms with Gasteiger partial charge in [-0.05, 0) is 42.8 Å². The highest BCUT2D eigenvalue weighted by Gasteiger charge is 2.28. The number of thiophene rings is 1. The van der Waals surface area contributed by atoms with Crippen molar-refractivity contribution < 1.29 is 9.59 Å². The van der Waals surface area contributed by atoms with Crippen LogP contribution < -0.4 is 5.32 Å². The van der Waals surface area contributed by atoms with E-state index in [2.05, 4.69) is 10.3 Å². The molecule has 2 aromatic heterocycles. The molecule has 0 aliphatic carbocycles. The van der Waals surface area contributed by atoms with Gasteiger partial charge in [0.05, 0.1) is 4.88 Å². The number of aryl methyl sites for hydroxylation is 1. The molecular formula is C17H19N3O2S. The van der Waals surface area contributed by atoms with Gasteiger partial charge >= 0.3 is 0 Å². The lowest BCUT2D eigenvalue weighted by atomic mass is 9.95. The molecule has 1 aliphatic rings. The van der Waals surface area contributed by atoms with Gasteiger partial charge in [0, 0.05) is 25.2 Å². The van der Waals surface area contributed by atoms with Crippen LogP contribution in [-0.2, 0) is 4.79 Å². The van der Waals surface area contributed by atoms with E-state index in [1.165, 1.54) is 11.3 Å². The number of carbonyl (C=O) groups excluding carboxylic acids is 2. The number of hydrogen-bond acceptors (Lipinski definition) is 4. The molecule has 2 amide bonds. The van der Waals surface area contributed by atoms with E-state index in [4.69, 9.17) is 0 Å². The fraction of sp³-hybridized carbons (Fsp3) is 0.353. The molecule has 1 N–H and O–H groups in total. The van der Waals surface area contributed by atoms with Crippen molar-refractivity contribution in [2.24, 2.45) is 5.92 Å². The number of nitrogens with one attached hydrogen (secondary N) is 1. The van der Waals surface area contributed by atoms with Gasteiger partial charge in [-0.15, -0.1) is 11.3 Å². The number of hydrogen-bond donors (Lipinski definition) is 1. The Kier molecular flexibility index (Phi) is 4.71. The minimum absolute atomic E-state index is 0.00461. The average molecular weight is 329 g/mol. The van der Waals surface area contributed by atoms with Crippen LogP contribution >= 0.6 is 11.3 Å². The zero-order chi connectivity index (χ0) is 16.2. The third-order valence-corrected chi connectivity index (χ3v) is 4.99. The molecule has 0 aromatic carbocycles. The first kappa shape index (κ1) is 15.7. The summed E-state index contributed by atoms with van der Waals surface area (Å²) in [6.45, 7) is 3.16. The maximum absolute atomic E-state index is 12.4. The molecule has 0 bridgehead atoms. The first-order chi connectivity index (χ1) is 11.1. The molecule has 1 fully saturated rings. The Labute approximate surface area is 139 Å². The molecule has 0 spiro atoms. The van der Waals surface area contributed by atoms with Crippen molar-refractivity contribution in [3.8, 4) is 0 Å². The van der Waals surface area contributed by atoms with Crippen molar-refractivity contribution >= 4 is 29.0 Å². The number of amides is 2. The standard InChI is InChI=1S/C17H19N3O2S/c1-12-4-2-8-18-15(12)19-16(21)13-6-9-20(10-7-13)17(22)14-5-3-11-23-14/h2-5,8,11,13H,6-7,9-10H2,1H3,(H,18,19,21). The molecule has 5 nitrogen and oxygen atoms in total. The number of nitrogens with zero attached hydrogens (tertiary/aromatic N) is 2. The predicted molar refractivity (Wildman–Crippen MR) is 90.6 cm³/mol. The maximum Gasteiger partial charge on any atom is 0.263 e. The van der Waals surface area contributed by atoms with Crippen LogP contribution in [0.15, 0.2) is 35.8 Å². The van der Waals surface area contributed by atoms with Crippen molar-refractivity contribution in [2.45, 2.75) is 19.8 Å². The lowest BCUT2D eigenvalue weighted by molar-refractivity contribution is -0.121. The summed E-state index contributed by atoms with van der Waals surface area (Å²) in [6.07, 6.45) is 3.05. The number of anilines is 1. The van der Waals surface area contributed by atoms with E-state index in [0.29, 0.717) is 31.7 Å². The van der Waals surface area contributed by atoms with Crippen LogP contribution in [-0.4, -0.2) is 34.8 Å². The van der Waals surface area contributed by atoms with E-state index >= 15 is 0 Å². The smallest absolute Gasteiger partial charge is 0.263 e. The van der Waals surface area contributed by atoms with Crippen LogP contribution in [0.1, 0.15) is 28.1 Å². The van der Waals surface area contributed by atoms with Crippen molar-refractivity contribution in [3.05, 3.63) is 46.3 Å². The molecule has 3 heterocycles. The van der Waals surface area contributed by atoms with E-state index in [-0.39, 0.29) is 17.7 Å². The van der Waals surface area contributed by atoms with E-state index in [9.17, 15) is 9.59 Å². The summed E-state index contributed by atoms with van der Waals surface area (Å²) in [6, 6.07) is 7.49. The lowest BCUT2D eigenvalue weighted by Gasteiger charge is -2.31. The van der Waals surface area contributed by atoms with Crippen molar-refractivity contribution in [1.82, 2.24) is 9.88 Å². The molecule has 0 atom stereocenters. The van der Waals surface area contributed by atoms with Gasteiger partial charge in [-0.3, -0.25) is 9.59 Å². The molecule has 0 saturated carbocycles. The summed E-state index contributed by atoms with van der Waals surface area (Å²) >= 11 is 1.46. The Hall–Kier alpha value is -2.21. The molecule has 3 rings (SSSR count). The molecular weight excluding hydrogens is 310 g/mol. The summed E-state index contributed by atoms with van der Waals surface area (Å²) in [4.78, 5) is 31.5. The van der Waals surface area contributed by atoms with Gasteiger partial charge in [-0.25, -0.2) is 4.98 Å². The Morgan fingerprint density at radius 2 is 2.04 bits per heavy atom. The third kappa shape index (κ3) is 3.59. The largest absolute Gasteiger partial charge is 0.338 e. The topological polar surface area (TPSA) is 62.3 Å². The Morgan fingerprint density at radius 1 is 1.26 bits per heavy atom. The second-order valence-corrected chi connectivity index (χ2v) is 6.65. The van der Waals surface area contributed by atoms with Gasteiger partial charge in [0.1, 0.15) is 5.82 Å². The summed E-state index contributed by atoms with van der Waals surface area (Å²) in [5.74, 6) is 0.618. The molecule has 1 saturated heterocycles. The zero-order valence-electron chi connectivity index (χ0n) is 13.0. The quantitative estimate of drug-likeness (QED) is 0.942. The Morgan fingerprint density at radius 3 is 2.70 bits per heavy atom. The van der Waals surface area contributed by atoms with E-state index < -0.39 is 0 Å². The van der Waals surface area contributed by atoms with Gasteiger partial charge in [-0.2, -0.15) is 0 Å². The van der Waals surface area contributed by atoms with Crippen LogP contribution in [0.5, 0.6) is 0 Å². The minimum atomic E-state index is -0.0659. The van der Waals surface area contributed by atoms with Crippen LogP contribution in [0.2, 0.25) is 0 Å². The number of likely N-dealkylation sites (tertiary alicyclic amines) is 1. The third-order valence-electron chi connectivity index (χ3n) is 4.14. The first-order valence-corrected chi connectivity index (χ1v) is 8.58. The van der Waals surface area contributed by atoms with Gasteiger partial charge in [-0.1, -0.05) is 12.1 Å². The number of carbonyl (C=O) groups is 2. The Bertz CT molecular complexity index is 692. The molecule has 0 radical (unpaired) electrons. The van der Waals surface area contributed by atoms with Crippen LogP contribution in [0.4, 0.5) is 5.82 Å². The summed E-state index contributed by atoms with van der Waals surface area (Å²) < 4.78 is 0. The van der Waals surface area contributed by atoms with Crippen LogP contribution in [0, 0.1) is 12.8 Å². The van der Waals surface area contributed by atoms with Gasteiger partial charge < -0.3 is 10.2 Å². The summed E-state index contributed by atoms with van der Waals surface area (Å²) in [7, 11) is 0. The van der Waals surface area contributed by atoms with Crippen molar-refractivity contribution in [3.63, 3.8) is 0 Å². The van der Waals surface area contributed by atoms with E-state index in [1.54, 1.807) is 6.20 Å². The fourth-order valence-electron chi connectivity index (χ4n) is 2.74.